The van der Waals surface area contributed by atoms with Crippen molar-refractivity contribution in [2.75, 3.05) is 7.11 Å². The van der Waals surface area contributed by atoms with Crippen molar-refractivity contribution < 1.29 is 23.9 Å². The second-order valence-electron chi connectivity index (χ2n) is 5.29. The first kappa shape index (κ1) is 19.5. The third-order valence-electron chi connectivity index (χ3n) is 3.03. The van der Waals surface area contributed by atoms with Gasteiger partial charge in [-0.15, -0.1) is 0 Å². The van der Waals surface area contributed by atoms with Crippen molar-refractivity contribution in [3.05, 3.63) is 18.2 Å². The smallest absolute Gasteiger partial charge is 0.328 e. The van der Waals surface area contributed by atoms with Gasteiger partial charge in [-0.05, 0) is 20.3 Å². The summed E-state index contributed by atoms with van der Waals surface area (Å²) >= 11 is 0. The predicted octanol–water partition coefficient (Wildman–Crippen LogP) is 0.532. The largest absolute Gasteiger partial charge is 0.461 e. The molecule has 0 aromatic carbocycles. The molecule has 1 rings (SSSR count). The zero-order valence-corrected chi connectivity index (χ0v) is 13.9. The first-order valence-corrected chi connectivity index (χ1v) is 7.45. The highest BCUT2D eigenvalue weighted by molar-refractivity contribution is 6.26. The van der Waals surface area contributed by atoms with E-state index in [0.29, 0.717) is 12.0 Å². The number of ketones is 1. The van der Waals surface area contributed by atoms with Gasteiger partial charge < -0.3 is 25.2 Å². The lowest BCUT2D eigenvalue weighted by atomic mass is 10.1. The molecular formula is C15H22N4O5. The summed E-state index contributed by atoms with van der Waals surface area (Å²) in [5, 5.41) is 9.41. The minimum Gasteiger partial charge on any atom is -0.461 e. The molecule has 0 aliphatic rings. The SMILES string of the molecule is CO[C@@H](C(=O)N[C@@H](CCC(=O)C=N)C(=O)OC(C)C)c1ncc[nH]1. The lowest BCUT2D eigenvalue weighted by Gasteiger charge is -2.21. The molecule has 0 unspecified atom stereocenters. The van der Waals surface area contributed by atoms with Gasteiger partial charge in [0.1, 0.15) is 11.9 Å². The number of carbonyl (C=O) groups excluding carboxylic acids is 3. The molecular weight excluding hydrogens is 316 g/mol. The van der Waals surface area contributed by atoms with Crippen LogP contribution in [0.5, 0.6) is 0 Å². The Morgan fingerprint density at radius 3 is 2.62 bits per heavy atom. The van der Waals surface area contributed by atoms with E-state index < -0.39 is 29.8 Å². The van der Waals surface area contributed by atoms with Gasteiger partial charge in [0.15, 0.2) is 11.9 Å². The molecule has 1 heterocycles. The van der Waals surface area contributed by atoms with E-state index in [1.165, 1.54) is 13.3 Å². The lowest BCUT2D eigenvalue weighted by molar-refractivity contribution is -0.153. The molecule has 0 spiro atoms. The third kappa shape index (κ3) is 5.92. The average molecular weight is 338 g/mol. The highest BCUT2D eigenvalue weighted by Gasteiger charge is 2.29. The molecule has 0 saturated carbocycles. The van der Waals surface area contributed by atoms with E-state index in [1.807, 2.05) is 0 Å². The van der Waals surface area contributed by atoms with E-state index in [-0.39, 0.29) is 18.9 Å². The van der Waals surface area contributed by atoms with Gasteiger partial charge in [0, 0.05) is 25.9 Å². The summed E-state index contributed by atoms with van der Waals surface area (Å²) in [6, 6.07) is -1.02. The molecule has 0 aliphatic carbocycles. The van der Waals surface area contributed by atoms with Crippen LogP contribution in [-0.2, 0) is 23.9 Å². The fraction of sp³-hybridized carbons (Fsp3) is 0.533. The number of H-pyrrole nitrogens is 1. The summed E-state index contributed by atoms with van der Waals surface area (Å²) in [7, 11) is 1.34. The van der Waals surface area contributed by atoms with Crippen LogP contribution >= 0.6 is 0 Å². The van der Waals surface area contributed by atoms with Crippen molar-refractivity contribution >= 4 is 23.9 Å². The Morgan fingerprint density at radius 1 is 1.42 bits per heavy atom. The summed E-state index contributed by atoms with van der Waals surface area (Å²) in [6.45, 7) is 3.36. The normalized spacial score (nSPS) is 13.2. The highest BCUT2D eigenvalue weighted by Crippen LogP contribution is 2.13. The summed E-state index contributed by atoms with van der Waals surface area (Å²) in [5.74, 6) is -1.38. The fourth-order valence-electron chi connectivity index (χ4n) is 1.93. The number of amides is 1. The van der Waals surface area contributed by atoms with E-state index in [2.05, 4.69) is 15.3 Å². The molecule has 3 N–H and O–H groups in total. The molecule has 0 fully saturated rings. The van der Waals surface area contributed by atoms with Gasteiger partial charge in [0.05, 0.1) is 12.3 Å². The number of nitrogens with zero attached hydrogens (tertiary/aromatic N) is 1. The average Bonchev–Trinajstić information content (AvgIpc) is 3.05. The minimum absolute atomic E-state index is 0.0279. The van der Waals surface area contributed by atoms with E-state index >= 15 is 0 Å². The number of aromatic amines is 1. The number of rotatable bonds is 10. The van der Waals surface area contributed by atoms with Crippen LogP contribution in [0.3, 0.4) is 0 Å². The number of nitrogens with one attached hydrogen (secondary N) is 3. The van der Waals surface area contributed by atoms with Crippen molar-refractivity contribution in [1.82, 2.24) is 15.3 Å². The lowest BCUT2D eigenvalue weighted by Crippen LogP contribution is -2.45. The number of aromatic nitrogens is 2. The number of Topliss-reactive ketones (excluding diaryl/α,β-unsaturated/α-hetero) is 1. The zero-order valence-electron chi connectivity index (χ0n) is 13.9. The minimum atomic E-state index is -1.02. The predicted molar refractivity (Wildman–Crippen MR) is 84.5 cm³/mol. The van der Waals surface area contributed by atoms with Crippen LogP contribution in [0.2, 0.25) is 0 Å². The van der Waals surface area contributed by atoms with E-state index in [0.717, 1.165) is 0 Å². The first-order chi connectivity index (χ1) is 11.4. The Hall–Kier alpha value is -2.55. The molecule has 0 aliphatic heterocycles. The zero-order chi connectivity index (χ0) is 18.1. The number of methoxy groups -OCH3 is 1. The van der Waals surface area contributed by atoms with Gasteiger partial charge in [-0.3, -0.25) is 9.59 Å². The number of hydrogen-bond acceptors (Lipinski definition) is 7. The van der Waals surface area contributed by atoms with Crippen molar-refractivity contribution in [3.8, 4) is 0 Å². The molecule has 9 heteroatoms. The summed E-state index contributed by atoms with van der Waals surface area (Å²) in [5.41, 5.74) is 0. The van der Waals surface area contributed by atoms with Crippen molar-refractivity contribution in [2.45, 2.75) is 44.9 Å². The van der Waals surface area contributed by atoms with Crippen LogP contribution in [0.15, 0.2) is 12.4 Å². The molecule has 2 atom stereocenters. The Kier molecular flexibility index (Phi) is 7.76. The van der Waals surface area contributed by atoms with Crippen LogP contribution in [0.1, 0.15) is 38.6 Å². The van der Waals surface area contributed by atoms with E-state index in [9.17, 15) is 14.4 Å². The topological polar surface area (TPSA) is 134 Å². The number of ether oxygens (including phenoxy) is 2. The van der Waals surface area contributed by atoms with Crippen molar-refractivity contribution in [3.63, 3.8) is 0 Å². The fourth-order valence-corrected chi connectivity index (χ4v) is 1.93. The number of carbonyl (C=O) groups is 3. The second-order valence-corrected chi connectivity index (χ2v) is 5.29. The van der Waals surface area contributed by atoms with Crippen LogP contribution in [0.25, 0.3) is 0 Å². The number of esters is 1. The third-order valence-corrected chi connectivity index (χ3v) is 3.03. The van der Waals surface area contributed by atoms with Crippen LogP contribution in [0, 0.1) is 5.41 Å². The summed E-state index contributed by atoms with van der Waals surface area (Å²) in [4.78, 5) is 42.5. The van der Waals surface area contributed by atoms with E-state index in [1.54, 1.807) is 20.0 Å². The van der Waals surface area contributed by atoms with Gasteiger partial charge >= 0.3 is 5.97 Å². The van der Waals surface area contributed by atoms with Gasteiger partial charge in [-0.25, -0.2) is 9.78 Å². The Bertz CT molecular complexity index is 570. The molecule has 9 nitrogen and oxygen atoms in total. The maximum absolute atomic E-state index is 12.4. The Labute approximate surface area is 139 Å². The molecule has 24 heavy (non-hydrogen) atoms. The monoisotopic (exact) mass is 338 g/mol. The summed E-state index contributed by atoms with van der Waals surface area (Å²) < 4.78 is 10.2. The standard InChI is InChI=1S/C15H22N4O5/c1-9(2)24-15(22)11(5-4-10(20)8-16)19-14(21)12(23-3)13-17-6-7-18-13/h6-9,11-12,16H,4-5H2,1-3H3,(H,17,18)(H,19,21)/t11-,12+/m0/s1. The molecule has 1 aromatic rings. The second kappa shape index (κ2) is 9.56. The highest BCUT2D eigenvalue weighted by atomic mass is 16.5. The van der Waals surface area contributed by atoms with Gasteiger partial charge in [0.25, 0.3) is 5.91 Å². The van der Waals surface area contributed by atoms with Gasteiger partial charge in [0.2, 0.25) is 0 Å². The van der Waals surface area contributed by atoms with Crippen LogP contribution < -0.4 is 5.32 Å². The van der Waals surface area contributed by atoms with Crippen LogP contribution in [-0.4, -0.2) is 53.1 Å². The molecule has 0 saturated heterocycles. The molecule has 1 aromatic heterocycles. The maximum Gasteiger partial charge on any atom is 0.328 e. The molecule has 0 radical (unpaired) electrons. The molecule has 132 valence electrons. The van der Waals surface area contributed by atoms with Crippen molar-refractivity contribution in [2.24, 2.45) is 0 Å². The maximum atomic E-state index is 12.4. The summed E-state index contributed by atoms with van der Waals surface area (Å²) in [6.07, 6.45) is 2.28. The van der Waals surface area contributed by atoms with Gasteiger partial charge in [-0.1, -0.05) is 0 Å². The number of hydrogen-bond donors (Lipinski definition) is 3. The van der Waals surface area contributed by atoms with E-state index in [4.69, 9.17) is 14.9 Å². The Balaban J connectivity index is 2.81. The first-order valence-electron chi connectivity index (χ1n) is 7.45. The number of imidazole rings is 1. The van der Waals surface area contributed by atoms with Gasteiger partial charge in [-0.2, -0.15) is 0 Å². The molecule has 0 bridgehead atoms. The quantitative estimate of drug-likeness (QED) is 0.421. The molecule has 1 amide bonds. The Morgan fingerprint density at radius 2 is 2.12 bits per heavy atom. The van der Waals surface area contributed by atoms with Crippen molar-refractivity contribution in [1.29, 1.82) is 5.41 Å². The van der Waals surface area contributed by atoms with Crippen LogP contribution in [0.4, 0.5) is 0 Å².